The zero-order valence-corrected chi connectivity index (χ0v) is 17.1. The molecule has 0 radical (unpaired) electrons. The van der Waals surface area contributed by atoms with Crippen LogP contribution < -0.4 is 0 Å². The zero-order valence-electron chi connectivity index (χ0n) is 15.5. The SMILES string of the molecule is CC1=Nc2cc(C(F)(F)F)nn2C(c2ccccc2)C1S(=O)(=O)c1ccc(Cl)cc1. The summed E-state index contributed by atoms with van der Waals surface area (Å²) in [4.78, 5) is 4.16. The van der Waals surface area contributed by atoms with E-state index in [1.54, 1.807) is 30.3 Å². The first-order valence-corrected chi connectivity index (χ1v) is 10.8. The molecular formula is C20H15ClF3N3O2S. The molecule has 5 nitrogen and oxygen atoms in total. The number of benzene rings is 2. The van der Waals surface area contributed by atoms with Crippen molar-refractivity contribution in [3.63, 3.8) is 0 Å². The van der Waals surface area contributed by atoms with Crippen LogP contribution in [0.25, 0.3) is 0 Å². The maximum atomic E-state index is 13.5. The van der Waals surface area contributed by atoms with E-state index in [0.29, 0.717) is 10.6 Å². The lowest BCUT2D eigenvalue weighted by atomic mass is 10.00. The van der Waals surface area contributed by atoms with Gasteiger partial charge in [0.1, 0.15) is 11.3 Å². The van der Waals surface area contributed by atoms with E-state index in [-0.39, 0.29) is 16.4 Å². The number of nitrogens with zero attached hydrogens (tertiary/aromatic N) is 3. The van der Waals surface area contributed by atoms with E-state index in [0.717, 1.165) is 10.7 Å². The molecule has 0 fully saturated rings. The van der Waals surface area contributed by atoms with E-state index >= 15 is 0 Å². The highest BCUT2D eigenvalue weighted by atomic mass is 35.5. The standard InChI is InChI=1S/C20H15ClF3N3O2S/c1-12-19(30(28,29)15-9-7-14(21)8-10-15)18(13-5-3-2-4-6-13)27-17(25-12)11-16(26-27)20(22,23)24/h2-11,18-19H,1H3. The van der Waals surface area contributed by atoms with Gasteiger partial charge in [-0.1, -0.05) is 41.9 Å². The molecule has 0 saturated heterocycles. The molecule has 1 aliphatic heterocycles. The highest BCUT2D eigenvalue weighted by Gasteiger charge is 2.45. The minimum atomic E-state index is -4.68. The molecule has 3 aromatic rings. The molecule has 1 aliphatic rings. The summed E-state index contributed by atoms with van der Waals surface area (Å²) in [5.41, 5.74) is -0.438. The first-order valence-electron chi connectivity index (χ1n) is 8.85. The molecule has 4 rings (SSSR count). The van der Waals surface area contributed by atoms with Crippen LogP contribution in [0.2, 0.25) is 5.02 Å². The van der Waals surface area contributed by atoms with Crippen LogP contribution in [-0.4, -0.2) is 29.2 Å². The maximum Gasteiger partial charge on any atom is 0.435 e. The second-order valence-electron chi connectivity index (χ2n) is 6.86. The van der Waals surface area contributed by atoms with Gasteiger partial charge in [-0.15, -0.1) is 0 Å². The molecule has 0 aliphatic carbocycles. The number of aromatic nitrogens is 2. The van der Waals surface area contributed by atoms with Gasteiger partial charge in [0.2, 0.25) is 0 Å². The van der Waals surface area contributed by atoms with Crippen LogP contribution in [0.4, 0.5) is 19.0 Å². The molecule has 0 N–H and O–H groups in total. The molecule has 30 heavy (non-hydrogen) atoms. The normalized spacial score (nSPS) is 19.3. The zero-order chi connectivity index (χ0) is 21.7. The van der Waals surface area contributed by atoms with Gasteiger partial charge < -0.3 is 0 Å². The number of hydrogen-bond donors (Lipinski definition) is 0. The summed E-state index contributed by atoms with van der Waals surface area (Å²) in [5.74, 6) is -0.0452. The minimum Gasteiger partial charge on any atom is -0.238 e. The average Bonchev–Trinajstić information content (AvgIpc) is 3.12. The number of halogens is 4. The van der Waals surface area contributed by atoms with E-state index < -0.39 is 33.0 Å². The average molecular weight is 454 g/mol. The Hall–Kier alpha value is -2.65. The Morgan fingerprint density at radius 2 is 1.67 bits per heavy atom. The topological polar surface area (TPSA) is 64.3 Å². The third-order valence-corrected chi connectivity index (χ3v) is 7.33. The number of rotatable bonds is 3. The van der Waals surface area contributed by atoms with E-state index in [2.05, 4.69) is 10.1 Å². The van der Waals surface area contributed by atoms with Gasteiger partial charge in [-0.25, -0.2) is 18.1 Å². The fourth-order valence-electron chi connectivity index (χ4n) is 3.54. The Kier molecular flexibility index (Phi) is 4.98. The Morgan fingerprint density at radius 3 is 2.27 bits per heavy atom. The van der Waals surface area contributed by atoms with Gasteiger partial charge in [0.15, 0.2) is 21.3 Å². The summed E-state index contributed by atoms with van der Waals surface area (Å²) in [6, 6.07) is 13.9. The number of alkyl halides is 3. The van der Waals surface area contributed by atoms with Gasteiger partial charge in [-0.05, 0) is 36.8 Å². The first kappa shape index (κ1) is 20.6. The van der Waals surface area contributed by atoms with Gasteiger partial charge in [-0.2, -0.15) is 18.3 Å². The third-order valence-electron chi connectivity index (χ3n) is 4.88. The molecule has 2 atom stereocenters. The van der Waals surface area contributed by atoms with Crippen molar-refractivity contribution < 1.29 is 21.6 Å². The Morgan fingerprint density at radius 1 is 1.03 bits per heavy atom. The molecule has 0 saturated carbocycles. The second-order valence-corrected chi connectivity index (χ2v) is 9.36. The van der Waals surface area contributed by atoms with Gasteiger partial charge >= 0.3 is 6.18 Å². The molecular weight excluding hydrogens is 439 g/mol. The summed E-state index contributed by atoms with van der Waals surface area (Å²) < 4.78 is 67.9. The van der Waals surface area contributed by atoms with Crippen molar-refractivity contribution in [3.8, 4) is 0 Å². The lowest BCUT2D eigenvalue weighted by Gasteiger charge is -2.31. The third kappa shape index (κ3) is 3.52. The minimum absolute atomic E-state index is 0.000896. The number of sulfone groups is 1. The van der Waals surface area contributed by atoms with Crippen LogP contribution in [0.1, 0.15) is 24.2 Å². The van der Waals surface area contributed by atoms with Crippen LogP contribution >= 0.6 is 11.6 Å². The van der Waals surface area contributed by atoms with Crippen molar-refractivity contribution in [2.24, 2.45) is 4.99 Å². The molecule has 0 amide bonds. The lowest BCUT2D eigenvalue weighted by molar-refractivity contribution is -0.141. The monoisotopic (exact) mass is 453 g/mol. The van der Waals surface area contributed by atoms with Gasteiger partial charge in [0, 0.05) is 16.8 Å². The van der Waals surface area contributed by atoms with Crippen LogP contribution in [0.5, 0.6) is 0 Å². The van der Waals surface area contributed by atoms with Crippen molar-refractivity contribution in [3.05, 3.63) is 76.9 Å². The van der Waals surface area contributed by atoms with Gasteiger partial charge in [-0.3, -0.25) is 0 Å². The second kappa shape index (κ2) is 7.24. The summed E-state index contributed by atoms with van der Waals surface area (Å²) in [5, 5.41) is 2.81. The van der Waals surface area contributed by atoms with Crippen LogP contribution in [0, 0.1) is 0 Å². The van der Waals surface area contributed by atoms with Gasteiger partial charge in [0.05, 0.1) is 4.90 Å². The van der Waals surface area contributed by atoms with E-state index in [4.69, 9.17) is 11.6 Å². The predicted molar refractivity (Wildman–Crippen MR) is 107 cm³/mol. The molecule has 10 heteroatoms. The number of fused-ring (bicyclic) bond motifs is 1. The van der Waals surface area contributed by atoms with Gasteiger partial charge in [0.25, 0.3) is 0 Å². The fraction of sp³-hybridized carbons (Fsp3) is 0.200. The maximum absolute atomic E-state index is 13.5. The highest BCUT2D eigenvalue weighted by molar-refractivity contribution is 7.92. The van der Waals surface area contributed by atoms with Crippen LogP contribution in [0.15, 0.2) is 70.6 Å². The van der Waals surface area contributed by atoms with Crippen molar-refractivity contribution in [1.82, 2.24) is 9.78 Å². The van der Waals surface area contributed by atoms with Crippen LogP contribution in [0.3, 0.4) is 0 Å². The molecule has 156 valence electrons. The summed E-state index contributed by atoms with van der Waals surface area (Å²) >= 11 is 5.87. The molecule has 2 unspecified atom stereocenters. The number of aliphatic imine (C=N–C) groups is 1. The number of hydrogen-bond acceptors (Lipinski definition) is 4. The summed E-state index contributed by atoms with van der Waals surface area (Å²) in [7, 11) is -4.03. The van der Waals surface area contributed by atoms with E-state index in [9.17, 15) is 21.6 Å². The van der Waals surface area contributed by atoms with Crippen molar-refractivity contribution in [1.29, 1.82) is 0 Å². The Labute approximate surface area is 175 Å². The molecule has 1 aromatic heterocycles. The summed E-state index contributed by atoms with van der Waals surface area (Å²) in [6.07, 6.45) is -4.68. The Balaban J connectivity index is 1.94. The van der Waals surface area contributed by atoms with Crippen molar-refractivity contribution in [2.45, 2.75) is 29.3 Å². The largest absolute Gasteiger partial charge is 0.435 e. The Bertz CT molecular complexity index is 1220. The van der Waals surface area contributed by atoms with E-state index in [1.807, 2.05) is 0 Å². The quantitative estimate of drug-likeness (QED) is 0.554. The summed E-state index contributed by atoms with van der Waals surface area (Å²) in [6.45, 7) is 1.50. The van der Waals surface area contributed by atoms with Crippen molar-refractivity contribution in [2.75, 3.05) is 0 Å². The predicted octanol–water partition coefficient (Wildman–Crippen LogP) is 5.09. The van der Waals surface area contributed by atoms with Crippen LogP contribution in [-0.2, 0) is 16.0 Å². The smallest absolute Gasteiger partial charge is 0.238 e. The lowest BCUT2D eigenvalue weighted by Crippen LogP contribution is -2.41. The fourth-order valence-corrected chi connectivity index (χ4v) is 5.59. The highest BCUT2D eigenvalue weighted by Crippen LogP contribution is 2.40. The molecule has 0 spiro atoms. The molecule has 2 aromatic carbocycles. The molecule has 2 heterocycles. The van der Waals surface area contributed by atoms with Crippen molar-refractivity contribution >= 4 is 33.0 Å². The molecule has 0 bridgehead atoms. The van der Waals surface area contributed by atoms with E-state index in [1.165, 1.54) is 31.2 Å². The first-order chi connectivity index (χ1) is 14.1.